The highest BCUT2D eigenvalue weighted by Gasteiger charge is 2.30. The minimum Gasteiger partial charge on any atom is -0.496 e. The fraction of sp³-hybridized carbons (Fsp3) is 0.303. The molecule has 232 valence electrons. The van der Waals surface area contributed by atoms with Gasteiger partial charge in [0, 0.05) is 53.8 Å². The fourth-order valence-corrected chi connectivity index (χ4v) is 7.42. The van der Waals surface area contributed by atoms with Gasteiger partial charge in [-0.25, -0.2) is 8.42 Å². The van der Waals surface area contributed by atoms with Crippen LogP contribution in [-0.4, -0.2) is 85.1 Å². The lowest BCUT2D eigenvalue weighted by Crippen LogP contribution is -2.50. The van der Waals surface area contributed by atoms with Gasteiger partial charge in [-0.05, 0) is 49.7 Å². The van der Waals surface area contributed by atoms with E-state index in [1.54, 1.807) is 12.0 Å². The number of benzene rings is 3. The van der Waals surface area contributed by atoms with E-state index < -0.39 is 10.0 Å². The summed E-state index contributed by atoms with van der Waals surface area (Å²) in [6, 6.07) is 15.8. The number of piperazine rings is 1. The molecule has 11 nitrogen and oxygen atoms in total. The zero-order valence-corrected chi connectivity index (χ0v) is 26.6. The lowest BCUT2D eigenvalue weighted by Gasteiger charge is -2.33. The van der Waals surface area contributed by atoms with Crippen LogP contribution in [0.25, 0.3) is 32.8 Å². The number of nitrogens with zero attached hydrogens (tertiary/aromatic N) is 4. The van der Waals surface area contributed by atoms with E-state index in [2.05, 4.69) is 21.5 Å². The molecule has 3 aromatic carbocycles. The largest absolute Gasteiger partial charge is 0.496 e. The third-order valence-electron chi connectivity index (χ3n) is 8.74. The third kappa shape index (κ3) is 4.84. The number of sulfonamides is 1. The van der Waals surface area contributed by atoms with Crippen molar-refractivity contribution in [2.75, 3.05) is 44.9 Å². The van der Waals surface area contributed by atoms with Crippen LogP contribution in [0.5, 0.6) is 5.75 Å². The van der Waals surface area contributed by atoms with Crippen LogP contribution in [-0.2, 0) is 10.0 Å². The second-order valence-electron chi connectivity index (χ2n) is 11.6. The molecule has 0 radical (unpaired) electrons. The van der Waals surface area contributed by atoms with Gasteiger partial charge in [0.15, 0.2) is 0 Å². The van der Waals surface area contributed by atoms with E-state index >= 15 is 0 Å². The molecule has 5 aromatic rings. The zero-order valence-electron chi connectivity index (χ0n) is 25.8. The van der Waals surface area contributed by atoms with Crippen LogP contribution in [0.3, 0.4) is 0 Å². The maximum Gasteiger partial charge on any atom is 0.254 e. The number of amides is 1. The molecule has 12 heteroatoms. The summed E-state index contributed by atoms with van der Waals surface area (Å²) in [6.07, 6.45) is 1.00. The summed E-state index contributed by atoms with van der Waals surface area (Å²) in [7, 11) is -1.64. The van der Waals surface area contributed by atoms with Crippen molar-refractivity contribution in [3.8, 4) is 16.9 Å². The first-order chi connectivity index (χ1) is 21.5. The number of nitrogens with one attached hydrogen (secondary N) is 2. The number of H-pyrrole nitrogens is 1. The number of hydrogen-bond donors (Lipinski definition) is 2. The first kappa shape index (κ1) is 29.1. The number of aliphatic imine (C=N–C) groups is 1. The van der Waals surface area contributed by atoms with Crippen LogP contribution >= 0.6 is 0 Å². The summed E-state index contributed by atoms with van der Waals surface area (Å²) >= 11 is 0. The Morgan fingerprint density at radius 2 is 1.71 bits per heavy atom. The zero-order chi connectivity index (χ0) is 31.6. The highest BCUT2D eigenvalue weighted by molar-refractivity contribution is 7.88. The second kappa shape index (κ2) is 10.7. The highest BCUT2D eigenvalue weighted by atomic mass is 32.2. The molecule has 1 saturated heterocycles. The van der Waals surface area contributed by atoms with Crippen LogP contribution in [0.1, 0.15) is 39.9 Å². The van der Waals surface area contributed by atoms with E-state index in [1.165, 1.54) is 10.6 Å². The first-order valence-corrected chi connectivity index (χ1v) is 16.7. The SMILES string of the molecule is COc1cc2c3c([nH]c2cc1-c1c(C)noc1C)NC(C)N=C3c1ccc(C(=O)N2CCN(S(C)(=O)=O)CC2)c2ccccc12. The molecule has 0 saturated carbocycles. The lowest BCUT2D eigenvalue weighted by molar-refractivity contribution is 0.0700. The predicted molar refractivity (Wildman–Crippen MR) is 175 cm³/mol. The number of aryl methyl sites for hydroxylation is 2. The number of rotatable bonds is 5. The minimum atomic E-state index is -3.29. The summed E-state index contributed by atoms with van der Waals surface area (Å²) < 4.78 is 36.7. The number of anilines is 1. The Bertz CT molecular complexity index is 2120. The summed E-state index contributed by atoms with van der Waals surface area (Å²) in [5.41, 5.74) is 6.71. The average Bonchev–Trinajstić information content (AvgIpc) is 3.56. The maximum absolute atomic E-state index is 13.8. The minimum absolute atomic E-state index is 0.115. The summed E-state index contributed by atoms with van der Waals surface area (Å²) in [5, 5.41) is 10.3. The van der Waals surface area contributed by atoms with Gasteiger partial charge in [-0.2, -0.15) is 4.31 Å². The van der Waals surface area contributed by atoms with Crippen LogP contribution in [0.4, 0.5) is 5.82 Å². The highest BCUT2D eigenvalue weighted by Crippen LogP contribution is 2.42. The van der Waals surface area contributed by atoms with Crippen molar-refractivity contribution in [2.24, 2.45) is 4.99 Å². The van der Waals surface area contributed by atoms with Gasteiger partial charge in [0.2, 0.25) is 10.0 Å². The van der Waals surface area contributed by atoms with Crippen LogP contribution < -0.4 is 10.1 Å². The molecule has 1 fully saturated rings. The van der Waals surface area contributed by atoms with E-state index in [-0.39, 0.29) is 25.2 Å². The molecule has 0 bridgehead atoms. The van der Waals surface area contributed by atoms with Crippen LogP contribution in [0.15, 0.2) is 58.0 Å². The molecule has 0 spiro atoms. The Morgan fingerprint density at radius 1 is 0.978 bits per heavy atom. The van der Waals surface area contributed by atoms with E-state index in [9.17, 15) is 13.2 Å². The number of aromatic amines is 1. The van der Waals surface area contributed by atoms with E-state index in [0.29, 0.717) is 30.2 Å². The Labute approximate surface area is 260 Å². The quantitative estimate of drug-likeness (QED) is 0.283. The molecule has 1 amide bonds. The Morgan fingerprint density at radius 3 is 2.38 bits per heavy atom. The smallest absolute Gasteiger partial charge is 0.254 e. The summed E-state index contributed by atoms with van der Waals surface area (Å²) in [5.74, 6) is 2.15. The van der Waals surface area contributed by atoms with Gasteiger partial charge < -0.3 is 24.5 Å². The summed E-state index contributed by atoms with van der Waals surface area (Å²) in [4.78, 5) is 24.2. The average molecular weight is 627 g/mol. The van der Waals surface area contributed by atoms with Crippen molar-refractivity contribution < 1.29 is 22.5 Å². The Kier molecular flexibility index (Phi) is 6.93. The molecule has 2 N–H and O–H groups in total. The molecule has 0 aliphatic carbocycles. The number of ether oxygens (including phenoxy) is 1. The molecule has 7 rings (SSSR count). The second-order valence-corrected chi connectivity index (χ2v) is 13.6. The normalized spacial score (nSPS) is 17.3. The molecule has 45 heavy (non-hydrogen) atoms. The number of hydrogen-bond acceptors (Lipinski definition) is 8. The van der Waals surface area contributed by atoms with Gasteiger partial charge in [-0.1, -0.05) is 35.5 Å². The van der Waals surface area contributed by atoms with Gasteiger partial charge >= 0.3 is 0 Å². The number of aromatic nitrogens is 2. The first-order valence-electron chi connectivity index (χ1n) is 14.8. The van der Waals surface area contributed by atoms with Crippen molar-refractivity contribution in [3.05, 3.63) is 76.7 Å². The number of methoxy groups -OCH3 is 1. The van der Waals surface area contributed by atoms with E-state index in [4.69, 9.17) is 14.3 Å². The lowest BCUT2D eigenvalue weighted by atomic mass is 9.91. The molecule has 1 atom stereocenters. The molecule has 1 unspecified atom stereocenters. The van der Waals surface area contributed by atoms with Gasteiger partial charge in [0.25, 0.3) is 5.91 Å². The van der Waals surface area contributed by atoms with Crippen molar-refractivity contribution in [1.82, 2.24) is 19.3 Å². The van der Waals surface area contributed by atoms with Gasteiger partial charge in [0.05, 0.1) is 35.9 Å². The monoisotopic (exact) mass is 626 g/mol. The van der Waals surface area contributed by atoms with E-state index in [0.717, 1.165) is 61.2 Å². The predicted octanol–water partition coefficient (Wildman–Crippen LogP) is 4.93. The van der Waals surface area contributed by atoms with Crippen molar-refractivity contribution >= 4 is 49.1 Å². The van der Waals surface area contributed by atoms with Crippen molar-refractivity contribution in [1.29, 1.82) is 0 Å². The number of carbonyl (C=O) groups is 1. The molecule has 2 aromatic heterocycles. The molecular formula is C33H34N6O5S. The number of fused-ring (bicyclic) bond motifs is 4. The Balaban J connectivity index is 1.33. The van der Waals surface area contributed by atoms with Crippen molar-refractivity contribution in [3.63, 3.8) is 0 Å². The summed E-state index contributed by atoms with van der Waals surface area (Å²) in [6.45, 7) is 7.06. The van der Waals surface area contributed by atoms with Gasteiger partial charge in [-0.15, -0.1) is 0 Å². The molecule has 2 aliphatic rings. The molecular weight excluding hydrogens is 592 g/mol. The van der Waals surface area contributed by atoms with Crippen molar-refractivity contribution in [2.45, 2.75) is 26.9 Å². The topological polar surface area (TPSA) is 133 Å². The maximum atomic E-state index is 13.8. The number of carbonyl (C=O) groups excluding carboxylic acids is 1. The molecule has 4 heterocycles. The van der Waals surface area contributed by atoms with Gasteiger partial charge in [-0.3, -0.25) is 9.79 Å². The Hall–Kier alpha value is -4.68. The fourth-order valence-electron chi connectivity index (χ4n) is 6.60. The van der Waals surface area contributed by atoms with E-state index in [1.807, 2.05) is 63.2 Å². The molecule has 2 aliphatic heterocycles. The van der Waals surface area contributed by atoms with Crippen LogP contribution in [0.2, 0.25) is 0 Å². The standard InChI is InChI=1S/C33H34N6O5S/c1-18-29(19(2)44-37-18)26-16-27-25(17-28(26)43-4)30-31(34-20(3)35-32(30)36-27)23-10-11-24(22-9-7-6-8-21(22)23)33(40)38-12-14-39(15-13-38)45(5,41)42/h6-11,16-17,20,35-36H,12-15H2,1-5H3. The van der Waals surface area contributed by atoms with Crippen LogP contribution in [0, 0.1) is 13.8 Å². The third-order valence-corrected chi connectivity index (χ3v) is 10.0. The van der Waals surface area contributed by atoms with Gasteiger partial charge in [0.1, 0.15) is 23.5 Å².